The number of carbonyl (C=O) groups excluding carboxylic acids is 1. The molecule has 1 atom stereocenters. The van der Waals surface area contributed by atoms with Gasteiger partial charge in [-0.25, -0.2) is 0 Å². The fourth-order valence-electron chi connectivity index (χ4n) is 4.79. The highest BCUT2D eigenvalue weighted by atomic mass is 35.5. The Morgan fingerprint density at radius 3 is 2.47 bits per heavy atom. The van der Waals surface area contributed by atoms with Gasteiger partial charge in [0.2, 0.25) is 0 Å². The smallest absolute Gasteiger partial charge is 0.253 e. The zero-order chi connectivity index (χ0) is 24.1. The molecule has 1 aliphatic heterocycles. The molecule has 1 aromatic heterocycles. The lowest BCUT2D eigenvalue weighted by Crippen LogP contribution is -2.36. The SMILES string of the molecule is Cc1csc(C2CCN(CCC(CN(C)C(=O)c3ccccc3)c3ccc(Cl)c(Cl)c3)CC2)c1. The van der Waals surface area contributed by atoms with E-state index in [2.05, 4.69) is 23.3 Å². The van der Waals surface area contributed by atoms with Gasteiger partial charge in [0, 0.05) is 30.0 Å². The van der Waals surface area contributed by atoms with Crippen LogP contribution in [0, 0.1) is 6.92 Å². The molecule has 1 aliphatic rings. The number of piperidine rings is 1. The average Bonchev–Trinajstić information content (AvgIpc) is 3.30. The molecule has 4 rings (SSSR count). The van der Waals surface area contributed by atoms with Crippen LogP contribution in [0.4, 0.5) is 0 Å². The van der Waals surface area contributed by atoms with Crippen molar-refractivity contribution in [2.45, 2.75) is 38.0 Å². The summed E-state index contributed by atoms with van der Waals surface area (Å²) in [6, 6.07) is 17.7. The van der Waals surface area contributed by atoms with E-state index in [-0.39, 0.29) is 11.8 Å². The Bertz CT molecular complexity index is 1090. The molecule has 34 heavy (non-hydrogen) atoms. The molecular weight excluding hydrogens is 483 g/mol. The maximum atomic E-state index is 13.0. The van der Waals surface area contributed by atoms with Crippen molar-refractivity contribution >= 4 is 40.4 Å². The maximum Gasteiger partial charge on any atom is 0.253 e. The van der Waals surface area contributed by atoms with E-state index in [1.165, 1.54) is 23.3 Å². The summed E-state index contributed by atoms with van der Waals surface area (Å²) in [5.41, 5.74) is 3.22. The molecule has 0 saturated carbocycles. The van der Waals surface area contributed by atoms with Gasteiger partial charge in [-0.15, -0.1) is 11.3 Å². The predicted octanol–water partition coefficient (Wildman–Crippen LogP) is 7.49. The Morgan fingerprint density at radius 1 is 1.09 bits per heavy atom. The van der Waals surface area contributed by atoms with Gasteiger partial charge in [0.15, 0.2) is 0 Å². The van der Waals surface area contributed by atoms with Crippen molar-refractivity contribution in [3.63, 3.8) is 0 Å². The van der Waals surface area contributed by atoms with Crippen LogP contribution >= 0.6 is 34.5 Å². The molecule has 3 aromatic rings. The van der Waals surface area contributed by atoms with E-state index in [0.717, 1.165) is 31.6 Å². The summed E-state index contributed by atoms with van der Waals surface area (Å²) in [4.78, 5) is 18.9. The van der Waals surface area contributed by atoms with Crippen LogP contribution < -0.4 is 0 Å². The largest absolute Gasteiger partial charge is 0.341 e. The van der Waals surface area contributed by atoms with E-state index in [9.17, 15) is 4.79 Å². The average molecular weight is 516 g/mol. The highest BCUT2D eigenvalue weighted by molar-refractivity contribution is 7.10. The van der Waals surface area contributed by atoms with E-state index < -0.39 is 0 Å². The van der Waals surface area contributed by atoms with Gasteiger partial charge < -0.3 is 9.80 Å². The summed E-state index contributed by atoms with van der Waals surface area (Å²) in [6.07, 6.45) is 3.39. The number of thiophene rings is 1. The topological polar surface area (TPSA) is 23.6 Å². The van der Waals surface area contributed by atoms with Crippen molar-refractivity contribution in [3.05, 3.63) is 91.6 Å². The minimum Gasteiger partial charge on any atom is -0.341 e. The van der Waals surface area contributed by atoms with Crippen LogP contribution in [-0.4, -0.2) is 48.9 Å². The molecule has 6 heteroatoms. The molecule has 1 unspecified atom stereocenters. The number of carbonyl (C=O) groups is 1. The third-order valence-electron chi connectivity index (χ3n) is 6.81. The van der Waals surface area contributed by atoms with Crippen molar-refractivity contribution in [2.75, 3.05) is 33.2 Å². The van der Waals surface area contributed by atoms with Crippen molar-refractivity contribution in [3.8, 4) is 0 Å². The van der Waals surface area contributed by atoms with E-state index in [4.69, 9.17) is 23.2 Å². The molecule has 0 spiro atoms. The molecule has 180 valence electrons. The summed E-state index contributed by atoms with van der Waals surface area (Å²) in [5, 5.41) is 3.38. The molecule has 0 N–H and O–H groups in total. The number of rotatable bonds is 8. The number of halogens is 2. The lowest BCUT2D eigenvalue weighted by molar-refractivity contribution is 0.0781. The van der Waals surface area contributed by atoms with Gasteiger partial charge in [-0.2, -0.15) is 0 Å². The molecule has 0 aliphatic carbocycles. The fourth-order valence-corrected chi connectivity index (χ4v) is 6.17. The minimum atomic E-state index is 0.0396. The van der Waals surface area contributed by atoms with Crippen molar-refractivity contribution in [2.24, 2.45) is 0 Å². The molecule has 1 fully saturated rings. The number of benzene rings is 2. The van der Waals surface area contributed by atoms with Gasteiger partial charge >= 0.3 is 0 Å². The van der Waals surface area contributed by atoms with E-state index >= 15 is 0 Å². The second-order valence-electron chi connectivity index (χ2n) is 9.35. The number of aryl methyl sites for hydroxylation is 1. The van der Waals surface area contributed by atoms with Gasteiger partial charge in [-0.1, -0.05) is 47.5 Å². The highest BCUT2D eigenvalue weighted by Gasteiger charge is 2.24. The zero-order valence-corrected chi connectivity index (χ0v) is 22.2. The van der Waals surface area contributed by atoms with Gasteiger partial charge in [0.05, 0.1) is 10.0 Å². The number of hydrogen-bond donors (Lipinski definition) is 0. The van der Waals surface area contributed by atoms with Crippen molar-refractivity contribution in [1.29, 1.82) is 0 Å². The number of likely N-dealkylation sites (tertiary alicyclic amines) is 1. The first-order valence-electron chi connectivity index (χ1n) is 11.9. The molecule has 0 radical (unpaired) electrons. The van der Waals surface area contributed by atoms with Gasteiger partial charge in [0.1, 0.15) is 0 Å². The van der Waals surface area contributed by atoms with Crippen LogP contribution in [0.2, 0.25) is 10.0 Å². The summed E-state index contributed by atoms with van der Waals surface area (Å²) >= 11 is 14.4. The Hall–Kier alpha value is -1.85. The van der Waals surface area contributed by atoms with Crippen LogP contribution in [-0.2, 0) is 0 Å². The Labute approximate surface area is 217 Å². The first kappa shape index (κ1) is 25.2. The minimum absolute atomic E-state index is 0.0396. The summed E-state index contributed by atoms with van der Waals surface area (Å²) in [7, 11) is 1.88. The van der Waals surface area contributed by atoms with E-state index in [1.807, 2.05) is 71.8 Å². The summed E-state index contributed by atoms with van der Waals surface area (Å²) in [6.45, 7) is 6.06. The maximum absolute atomic E-state index is 13.0. The highest BCUT2D eigenvalue weighted by Crippen LogP contribution is 2.33. The third kappa shape index (κ3) is 6.42. The quantitative estimate of drug-likeness (QED) is 0.310. The van der Waals surface area contributed by atoms with Crippen LogP contribution in [0.15, 0.2) is 60.0 Å². The van der Waals surface area contributed by atoms with Crippen LogP contribution in [0.1, 0.15) is 57.5 Å². The Balaban J connectivity index is 1.40. The monoisotopic (exact) mass is 514 g/mol. The van der Waals surface area contributed by atoms with Gasteiger partial charge in [-0.05, 0) is 98.6 Å². The lowest BCUT2D eigenvalue weighted by Gasteiger charge is -2.33. The standard InChI is InChI=1S/C28H32Cl2N2OS/c1-20-16-27(34-19-20)21-10-13-32(14-11-21)15-12-24(23-8-9-25(29)26(30)17-23)18-31(2)28(33)22-6-4-3-5-7-22/h3-9,16-17,19,21,24H,10-15,18H2,1-2H3. The summed E-state index contributed by atoms with van der Waals surface area (Å²) < 4.78 is 0. The van der Waals surface area contributed by atoms with E-state index in [0.29, 0.717) is 28.1 Å². The first-order chi connectivity index (χ1) is 16.4. The Kier molecular flexibility index (Phi) is 8.70. The summed E-state index contributed by atoms with van der Waals surface area (Å²) in [5.74, 6) is 0.915. The molecule has 0 bridgehead atoms. The number of hydrogen-bond acceptors (Lipinski definition) is 3. The predicted molar refractivity (Wildman–Crippen MR) is 145 cm³/mol. The Morgan fingerprint density at radius 2 is 1.82 bits per heavy atom. The van der Waals surface area contributed by atoms with Gasteiger partial charge in [-0.3, -0.25) is 4.79 Å². The lowest BCUT2D eigenvalue weighted by atomic mass is 9.92. The number of likely N-dealkylation sites (N-methyl/N-ethyl adjacent to an activating group) is 1. The number of nitrogens with zero attached hydrogens (tertiary/aromatic N) is 2. The molecule has 2 aromatic carbocycles. The molecule has 1 amide bonds. The molecule has 3 nitrogen and oxygen atoms in total. The molecular formula is C28H32Cl2N2OS. The fraction of sp³-hybridized carbons (Fsp3) is 0.393. The van der Waals surface area contributed by atoms with Crippen LogP contribution in [0.25, 0.3) is 0 Å². The number of amides is 1. The third-order valence-corrected chi connectivity index (χ3v) is 8.76. The van der Waals surface area contributed by atoms with Crippen molar-refractivity contribution in [1.82, 2.24) is 9.80 Å². The second-order valence-corrected chi connectivity index (χ2v) is 11.1. The molecule has 1 saturated heterocycles. The van der Waals surface area contributed by atoms with Crippen LogP contribution in [0.5, 0.6) is 0 Å². The first-order valence-corrected chi connectivity index (χ1v) is 13.6. The molecule has 2 heterocycles. The van der Waals surface area contributed by atoms with Gasteiger partial charge in [0.25, 0.3) is 5.91 Å². The zero-order valence-electron chi connectivity index (χ0n) is 19.8. The van der Waals surface area contributed by atoms with E-state index in [1.54, 1.807) is 0 Å². The second kappa shape index (κ2) is 11.7. The van der Waals surface area contributed by atoms with Crippen molar-refractivity contribution < 1.29 is 4.79 Å². The normalized spacial score (nSPS) is 15.9. The van der Waals surface area contributed by atoms with Crippen LogP contribution in [0.3, 0.4) is 0 Å².